The monoisotopic (exact) mass is 483 g/mol. The number of aliphatic imine (C=N–C) groups is 1. The van der Waals surface area contributed by atoms with Crippen molar-refractivity contribution in [3.63, 3.8) is 0 Å². The summed E-state index contributed by atoms with van der Waals surface area (Å²) in [5, 5.41) is 3.54. The molecule has 6 heteroatoms. The number of likely N-dealkylation sites (tertiary alicyclic amines) is 1. The first kappa shape index (κ1) is 22.0. The van der Waals surface area contributed by atoms with Gasteiger partial charge in [0.15, 0.2) is 5.96 Å². The van der Waals surface area contributed by atoms with E-state index in [0.29, 0.717) is 6.04 Å². The minimum Gasteiger partial charge on any atom is -0.364 e. The van der Waals surface area contributed by atoms with Gasteiger partial charge in [-0.3, -0.25) is 9.89 Å². The zero-order valence-corrected chi connectivity index (χ0v) is 19.2. The standard InChI is InChI=1S/C21H33N5.HI/c1-4-24(5-2)20-12-15-26(17-20)21(22-3)23-16-18-8-10-19(11-9-18)25-13-6-7-14-25;/h6-11,20H,4-5,12-17H2,1-3H3,(H,22,23);1H. The van der Waals surface area contributed by atoms with Crippen LogP contribution in [0.25, 0.3) is 0 Å². The lowest BCUT2D eigenvalue weighted by molar-refractivity contribution is 0.223. The summed E-state index contributed by atoms with van der Waals surface area (Å²) in [6.07, 6.45) is 5.67. The molecule has 2 heterocycles. The molecule has 1 fully saturated rings. The van der Waals surface area contributed by atoms with Gasteiger partial charge in [0.2, 0.25) is 0 Å². The van der Waals surface area contributed by atoms with Crippen LogP contribution in [0.5, 0.6) is 0 Å². The summed E-state index contributed by atoms with van der Waals surface area (Å²) < 4.78 is 0. The van der Waals surface area contributed by atoms with Gasteiger partial charge in [-0.05, 0) is 37.2 Å². The molecule has 1 atom stereocenters. The van der Waals surface area contributed by atoms with Crippen molar-refractivity contribution in [3.05, 3.63) is 42.0 Å². The Morgan fingerprint density at radius 1 is 1.15 bits per heavy atom. The van der Waals surface area contributed by atoms with Crippen LogP contribution in [0.2, 0.25) is 0 Å². The van der Waals surface area contributed by atoms with E-state index in [4.69, 9.17) is 0 Å². The van der Waals surface area contributed by atoms with E-state index in [1.165, 1.54) is 17.7 Å². The largest absolute Gasteiger partial charge is 0.364 e. The number of nitrogens with zero attached hydrogens (tertiary/aromatic N) is 4. The molecule has 0 amide bonds. The van der Waals surface area contributed by atoms with Gasteiger partial charge in [-0.2, -0.15) is 0 Å². The van der Waals surface area contributed by atoms with Crippen molar-refractivity contribution in [2.75, 3.05) is 51.2 Å². The van der Waals surface area contributed by atoms with E-state index in [-0.39, 0.29) is 24.0 Å². The molecule has 1 aromatic carbocycles. The lowest BCUT2D eigenvalue weighted by Crippen LogP contribution is -2.43. The van der Waals surface area contributed by atoms with Crippen LogP contribution in [-0.4, -0.2) is 68.1 Å². The summed E-state index contributed by atoms with van der Waals surface area (Å²) in [5.41, 5.74) is 2.59. The highest BCUT2D eigenvalue weighted by Gasteiger charge is 2.27. The van der Waals surface area contributed by atoms with Crippen molar-refractivity contribution >= 4 is 35.6 Å². The zero-order chi connectivity index (χ0) is 18.4. The van der Waals surface area contributed by atoms with Crippen LogP contribution in [0, 0.1) is 0 Å². The van der Waals surface area contributed by atoms with Crippen LogP contribution in [0.1, 0.15) is 25.8 Å². The molecule has 1 saturated heterocycles. The van der Waals surface area contributed by atoms with Crippen molar-refractivity contribution in [3.8, 4) is 0 Å². The van der Waals surface area contributed by atoms with E-state index >= 15 is 0 Å². The Kier molecular flexibility index (Phi) is 8.89. The highest BCUT2D eigenvalue weighted by atomic mass is 127. The third kappa shape index (κ3) is 5.60. The number of guanidine groups is 1. The molecule has 2 aliphatic heterocycles. The van der Waals surface area contributed by atoms with Gasteiger partial charge in [-0.1, -0.05) is 38.1 Å². The fourth-order valence-corrected chi connectivity index (χ4v) is 4.00. The third-order valence-corrected chi connectivity index (χ3v) is 5.57. The Hall–Kier alpha value is -1.28. The predicted octanol–water partition coefficient (Wildman–Crippen LogP) is 3.17. The molecule has 27 heavy (non-hydrogen) atoms. The maximum absolute atomic E-state index is 4.51. The zero-order valence-electron chi connectivity index (χ0n) is 16.9. The first-order chi connectivity index (χ1) is 12.7. The van der Waals surface area contributed by atoms with Crippen molar-refractivity contribution < 1.29 is 0 Å². The molecule has 2 aliphatic rings. The van der Waals surface area contributed by atoms with E-state index in [2.05, 4.69) is 75.3 Å². The Bertz CT molecular complexity index is 616. The van der Waals surface area contributed by atoms with Gasteiger partial charge in [-0.25, -0.2) is 0 Å². The Labute approximate surface area is 181 Å². The Morgan fingerprint density at radius 2 is 1.81 bits per heavy atom. The number of halogens is 1. The molecule has 0 aromatic heterocycles. The van der Waals surface area contributed by atoms with Crippen LogP contribution in [0.15, 0.2) is 41.4 Å². The second-order valence-electron chi connectivity index (χ2n) is 7.05. The van der Waals surface area contributed by atoms with E-state index in [1.807, 2.05) is 7.05 Å². The van der Waals surface area contributed by atoms with Crippen molar-refractivity contribution in [1.82, 2.24) is 15.1 Å². The summed E-state index contributed by atoms with van der Waals surface area (Å²) in [6.45, 7) is 11.8. The first-order valence-electron chi connectivity index (χ1n) is 9.93. The van der Waals surface area contributed by atoms with Crippen LogP contribution < -0.4 is 10.2 Å². The topological polar surface area (TPSA) is 34.1 Å². The third-order valence-electron chi connectivity index (χ3n) is 5.57. The Morgan fingerprint density at radius 3 is 2.41 bits per heavy atom. The van der Waals surface area contributed by atoms with Gasteiger partial charge in [0, 0.05) is 51.5 Å². The molecule has 1 unspecified atom stereocenters. The number of anilines is 1. The van der Waals surface area contributed by atoms with Crippen molar-refractivity contribution in [1.29, 1.82) is 0 Å². The minimum absolute atomic E-state index is 0. The van der Waals surface area contributed by atoms with Crippen molar-refractivity contribution in [2.24, 2.45) is 4.99 Å². The summed E-state index contributed by atoms with van der Waals surface area (Å²) in [6, 6.07) is 9.53. The average Bonchev–Trinajstić information content (AvgIpc) is 3.36. The summed E-state index contributed by atoms with van der Waals surface area (Å²) in [4.78, 5) is 11.8. The molecule has 1 N–H and O–H groups in total. The highest BCUT2D eigenvalue weighted by Crippen LogP contribution is 2.18. The fraction of sp³-hybridized carbons (Fsp3) is 0.571. The van der Waals surface area contributed by atoms with Gasteiger partial charge in [0.25, 0.3) is 0 Å². The molecule has 0 saturated carbocycles. The molecule has 0 aliphatic carbocycles. The molecule has 1 aromatic rings. The van der Waals surface area contributed by atoms with Crippen LogP contribution >= 0.6 is 24.0 Å². The minimum atomic E-state index is 0. The second kappa shape index (κ2) is 10.9. The molecule has 0 spiro atoms. The maximum atomic E-state index is 4.51. The van der Waals surface area contributed by atoms with E-state index in [9.17, 15) is 0 Å². The first-order valence-corrected chi connectivity index (χ1v) is 9.93. The SMILES string of the molecule is CCN(CC)C1CCN(C(=NC)NCc2ccc(N3CC=CC3)cc2)C1.I. The molecule has 5 nitrogen and oxygen atoms in total. The van der Waals surface area contributed by atoms with Gasteiger partial charge >= 0.3 is 0 Å². The van der Waals surface area contributed by atoms with E-state index in [1.54, 1.807) is 0 Å². The number of likely N-dealkylation sites (N-methyl/N-ethyl adjacent to an activating group) is 1. The normalized spacial score (nSPS) is 19.7. The average molecular weight is 483 g/mol. The van der Waals surface area contributed by atoms with Crippen molar-refractivity contribution in [2.45, 2.75) is 32.9 Å². The van der Waals surface area contributed by atoms with E-state index < -0.39 is 0 Å². The highest BCUT2D eigenvalue weighted by molar-refractivity contribution is 14.0. The number of rotatable bonds is 6. The molecular formula is C21H34IN5. The number of nitrogens with one attached hydrogen (secondary N) is 1. The second-order valence-corrected chi connectivity index (χ2v) is 7.05. The van der Waals surface area contributed by atoms with Crippen LogP contribution in [-0.2, 0) is 6.54 Å². The van der Waals surface area contributed by atoms with Gasteiger partial charge in [0.1, 0.15) is 0 Å². The quantitative estimate of drug-likeness (QED) is 0.292. The molecular weight excluding hydrogens is 449 g/mol. The van der Waals surface area contributed by atoms with Gasteiger partial charge < -0.3 is 15.1 Å². The van der Waals surface area contributed by atoms with Gasteiger partial charge in [-0.15, -0.1) is 24.0 Å². The summed E-state index contributed by atoms with van der Waals surface area (Å²) in [5.74, 6) is 1.02. The maximum Gasteiger partial charge on any atom is 0.193 e. The fourth-order valence-electron chi connectivity index (χ4n) is 4.00. The molecule has 0 radical (unpaired) electrons. The molecule has 3 rings (SSSR count). The number of hydrogen-bond donors (Lipinski definition) is 1. The van der Waals surface area contributed by atoms with E-state index in [0.717, 1.165) is 51.8 Å². The molecule has 150 valence electrons. The summed E-state index contributed by atoms with van der Waals surface area (Å²) in [7, 11) is 1.89. The smallest absolute Gasteiger partial charge is 0.193 e. The predicted molar refractivity (Wildman–Crippen MR) is 126 cm³/mol. The Balaban J connectivity index is 0.00000261. The van der Waals surface area contributed by atoms with Gasteiger partial charge in [0.05, 0.1) is 0 Å². The summed E-state index contributed by atoms with van der Waals surface area (Å²) >= 11 is 0. The van der Waals surface area contributed by atoms with Crippen LogP contribution in [0.4, 0.5) is 5.69 Å². The molecule has 0 bridgehead atoms. The number of benzene rings is 1. The number of hydrogen-bond acceptors (Lipinski definition) is 3. The lowest BCUT2D eigenvalue weighted by atomic mass is 10.2. The lowest BCUT2D eigenvalue weighted by Gasteiger charge is -2.27. The van der Waals surface area contributed by atoms with Crippen LogP contribution in [0.3, 0.4) is 0 Å².